The van der Waals surface area contributed by atoms with Crippen LogP contribution in [0.5, 0.6) is 0 Å². The van der Waals surface area contributed by atoms with Gasteiger partial charge in [0, 0.05) is 39.6 Å². The van der Waals surface area contributed by atoms with E-state index in [1.165, 1.54) is 0 Å². The second kappa shape index (κ2) is 7.98. The summed E-state index contributed by atoms with van der Waals surface area (Å²) in [4.78, 5) is 25.7. The first-order chi connectivity index (χ1) is 10.6. The molecule has 0 saturated carbocycles. The fraction of sp³-hybridized carbons (Fsp3) is 0.625. The Balaban J connectivity index is 1.75. The number of nitrogens with zero attached hydrogens (tertiary/aromatic N) is 1. The van der Waals surface area contributed by atoms with Crippen LogP contribution in [0, 0.1) is 12.8 Å². The third-order valence-corrected chi connectivity index (χ3v) is 3.90. The van der Waals surface area contributed by atoms with Crippen LogP contribution in [0.15, 0.2) is 16.5 Å². The van der Waals surface area contributed by atoms with Crippen molar-refractivity contribution in [2.45, 2.75) is 26.2 Å². The van der Waals surface area contributed by atoms with Crippen molar-refractivity contribution in [2.75, 3.05) is 33.4 Å². The van der Waals surface area contributed by atoms with Gasteiger partial charge in [0.05, 0.1) is 12.5 Å². The van der Waals surface area contributed by atoms with Crippen molar-refractivity contribution >= 4 is 11.8 Å². The molecule has 0 aliphatic carbocycles. The molecule has 0 aromatic carbocycles. The molecule has 1 saturated heterocycles. The van der Waals surface area contributed by atoms with Crippen molar-refractivity contribution in [3.63, 3.8) is 0 Å². The highest BCUT2D eigenvalue weighted by atomic mass is 16.5. The van der Waals surface area contributed by atoms with E-state index in [9.17, 15) is 9.59 Å². The van der Waals surface area contributed by atoms with E-state index in [-0.39, 0.29) is 17.7 Å². The minimum atomic E-state index is -0.132. The fourth-order valence-corrected chi connectivity index (χ4v) is 2.62. The number of amides is 2. The molecule has 6 nitrogen and oxygen atoms in total. The summed E-state index contributed by atoms with van der Waals surface area (Å²) in [7, 11) is 1.61. The molecule has 122 valence electrons. The first-order valence-corrected chi connectivity index (χ1v) is 7.70. The van der Waals surface area contributed by atoms with Gasteiger partial charge in [-0.05, 0) is 25.5 Å². The number of rotatable bonds is 7. The lowest BCUT2D eigenvalue weighted by molar-refractivity contribution is -0.138. The Morgan fingerprint density at radius 3 is 3.00 bits per heavy atom. The SMILES string of the molecule is COCCN1CC(C(=O)NCCc2ccc(C)o2)CCC1=O. The van der Waals surface area contributed by atoms with E-state index >= 15 is 0 Å². The van der Waals surface area contributed by atoms with Gasteiger partial charge in [-0.25, -0.2) is 0 Å². The third-order valence-electron chi connectivity index (χ3n) is 3.90. The van der Waals surface area contributed by atoms with Gasteiger partial charge in [-0.2, -0.15) is 0 Å². The molecule has 1 aliphatic heterocycles. The normalized spacial score (nSPS) is 18.5. The number of nitrogens with one attached hydrogen (secondary N) is 1. The highest BCUT2D eigenvalue weighted by Gasteiger charge is 2.29. The Morgan fingerprint density at radius 1 is 1.50 bits per heavy atom. The molecule has 6 heteroatoms. The van der Waals surface area contributed by atoms with Gasteiger partial charge in [0.25, 0.3) is 0 Å². The summed E-state index contributed by atoms with van der Waals surface area (Å²) in [6.45, 7) is 3.97. The second-order valence-corrected chi connectivity index (χ2v) is 5.62. The lowest BCUT2D eigenvalue weighted by Gasteiger charge is -2.31. The minimum absolute atomic E-state index is 0.0122. The van der Waals surface area contributed by atoms with Crippen LogP contribution < -0.4 is 5.32 Å². The van der Waals surface area contributed by atoms with Crippen LogP contribution in [0.2, 0.25) is 0 Å². The van der Waals surface area contributed by atoms with Gasteiger partial charge in [0.2, 0.25) is 11.8 Å². The zero-order chi connectivity index (χ0) is 15.9. The number of hydrogen-bond acceptors (Lipinski definition) is 4. The van der Waals surface area contributed by atoms with E-state index < -0.39 is 0 Å². The number of carbonyl (C=O) groups is 2. The number of likely N-dealkylation sites (tertiary alicyclic amines) is 1. The molecule has 1 unspecified atom stereocenters. The summed E-state index contributed by atoms with van der Waals surface area (Å²) in [6.07, 6.45) is 1.73. The largest absolute Gasteiger partial charge is 0.466 e. The molecule has 1 atom stereocenters. The van der Waals surface area contributed by atoms with Crippen molar-refractivity contribution in [1.29, 1.82) is 0 Å². The lowest BCUT2D eigenvalue weighted by atomic mass is 9.96. The van der Waals surface area contributed by atoms with Crippen LogP contribution in [0.25, 0.3) is 0 Å². The van der Waals surface area contributed by atoms with Crippen molar-refractivity contribution in [3.8, 4) is 0 Å². The maximum atomic E-state index is 12.2. The average molecular weight is 308 g/mol. The Kier molecular flexibility index (Phi) is 6.00. The number of piperidine rings is 1. The van der Waals surface area contributed by atoms with Crippen LogP contribution >= 0.6 is 0 Å². The van der Waals surface area contributed by atoms with E-state index in [0.717, 1.165) is 11.5 Å². The summed E-state index contributed by atoms with van der Waals surface area (Å²) < 4.78 is 10.5. The first kappa shape index (κ1) is 16.5. The molecular formula is C16H24N2O4. The van der Waals surface area contributed by atoms with Crippen molar-refractivity contribution in [2.24, 2.45) is 5.92 Å². The van der Waals surface area contributed by atoms with Gasteiger partial charge in [-0.1, -0.05) is 0 Å². The molecule has 1 aromatic rings. The Bertz CT molecular complexity index is 512. The number of furan rings is 1. The van der Waals surface area contributed by atoms with Crippen molar-refractivity contribution < 1.29 is 18.7 Å². The molecule has 0 spiro atoms. The molecule has 1 fully saturated rings. The summed E-state index contributed by atoms with van der Waals surface area (Å²) >= 11 is 0. The third kappa shape index (κ3) is 4.59. The van der Waals surface area contributed by atoms with Crippen molar-refractivity contribution in [1.82, 2.24) is 10.2 Å². The summed E-state index contributed by atoms with van der Waals surface area (Å²) in [5.74, 6) is 1.73. The Labute approximate surface area is 130 Å². The van der Waals surface area contributed by atoms with Crippen molar-refractivity contribution in [3.05, 3.63) is 23.7 Å². The summed E-state index contributed by atoms with van der Waals surface area (Å²) in [5, 5.41) is 2.93. The Morgan fingerprint density at radius 2 is 2.32 bits per heavy atom. The molecule has 1 N–H and O–H groups in total. The molecule has 2 amide bonds. The molecule has 2 rings (SSSR count). The predicted octanol–water partition coefficient (Wildman–Crippen LogP) is 1.13. The van der Waals surface area contributed by atoms with Gasteiger partial charge < -0.3 is 19.4 Å². The molecule has 22 heavy (non-hydrogen) atoms. The molecule has 2 heterocycles. The minimum Gasteiger partial charge on any atom is -0.466 e. The van der Waals surface area contributed by atoms with Gasteiger partial charge in [-0.3, -0.25) is 9.59 Å². The van der Waals surface area contributed by atoms with Gasteiger partial charge in [0.1, 0.15) is 11.5 Å². The standard InChI is InChI=1S/C16H24N2O4/c1-12-3-5-14(22-12)7-8-17-16(20)13-4-6-15(19)18(11-13)9-10-21-2/h3,5,13H,4,6-11H2,1-2H3,(H,17,20). The molecule has 0 radical (unpaired) electrons. The summed E-state index contributed by atoms with van der Waals surface area (Å²) in [6, 6.07) is 3.84. The van der Waals surface area contributed by atoms with Crippen LogP contribution in [-0.4, -0.2) is 50.1 Å². The number of carbonyl (C=O) groups excluding carboxylic acids is 2. The summed E-state index contributed by atoms with van der Waals surface area (Å²) in [5.41, 5.74) is 0. The number of methoxy groups -OCH3 is 1. The maximum absolute atomic E-state index is 12.2. The number of hydrogen-bond donors (Lipinski definition) is 1. The van der Waals surface area contributed by atoms with E-state index in [0.29, 0.717) is 45.5 Å². The Hall–Kier alpha value is -1.82. The topological polar surface area (TPSA) is 71.8 Å². The zero-order valence-corrected chi connectivity index (χ0v) is 13.3. The highest BCUT2D eigenvalue weighted by molar-refractivity contribution is 5.83. The predicted molar refractivity (Wildman–Crippen MR) is 81.3 cm³/mol. The number of aryl methyl sites for hydroxylation is 1. The van der Waals surface area contributed by atoms with E-state index in [1.807, 2.05) is 19.1 Å². The second-order valence-electron chi connectivity index (χ2n) is 5.62. The van der Waals surface area contributed by atoms with Crippen LogP contribution in [0.1, 0.15) is 24.4 Å². The van der Waals surface area contributed by atoms with E-state index in [4.69, 9.17) is 9.15 Å². The zero-order valence-electron chi connectivity index (χ0n) is 13.3. The molecule has 1 aromatic heterocycles. The number of ether oxygens (including phenoxy) is 1. The molecule has 1 aliphatic rings. The monoisotopic (exact) mass is 308 g/mol. The van der Waals surface area contributed by atoms with Gasteiger partial charge >= 0.3 is 0 Å². The maximum Gasteiger partial charge on any atom is 0.224 e. The molecule has 0 bridgehead atoms. The first-order valence-electron chi connectivity index (χ1n) is 7.70. The highest BCUT2D eigenvalue weighted by Crippen LogP contribution is 2.17. The van der Waals surface area contributed by atoms with E-state index in [2.05, 4.69) is 5.32 Å². The smallest absolute Gasteiger partial charge is 0.224 e. The van der Waals surface area contributed by atoms with E-state index in [1.54, 1.807) is 12.0 Å². The average Bonchev–Trinajstić information content (AvgIpc) is 2.92. The van der Waals surface area contributed by atoms with Crippen LogP contribution in [-0.2, 0) is 20.7 Å². The van der Waals surface area contributed by atoms with Gasteiger partial charge in [-0.15, -0.1) is 0 Å². The lowest BCUT2D eigenvalue weighted by Crippen LogP contribution is -2.47. The van der Waals surface area contributed by atoms with Crippen LogP contribution in [0.4, 0.5) is 0 Å². The fourth-order valence-electron chi connectivity index (χ4n) is 2.62. The van der Waals surface area contributed by atoms with Gasteiger partial charge in [0.15, 0.2) is 0 Å². The quantitative estimate of drug-likeness (QED) is 0.819. The molecular weight excluding hydrogens is 284 g/mol. The van der Waals surface area contributed by atoms with Crippen LogP contribution in [0.3, 0.4) is 0 Å².